The van der Waals surface area contributed by atoms with E-state index in [0.29, 0.717) is 0 Å². The minimum Gasteiger partial charge on any atom is -0.464 e. The van der Waals surface area contributed by atoms with Crippen LogP contribution in [0.5, 0.6) is 0 Å². The van der Waals surface area contributed by atoms with Crippen LogP contribution >= 0.6 is 0 Å². The van der Waals surface area contributed by atoms with Crippen LogP contribution in [-0.2, 0) is 9.53 Å². The molecule has 0 aliphatic heterocycles. The van der Waals surface area contributed by atoms with E-state index in [1.807, 2.05) is 0 Å². The van der Waals surface area contributed by atoms with Gasteiger partial charge < -0.3 is 10.5 Å². The Bertz CT molecular complexity index is 178. The molecule has 0 radical (unpaired) electrons. The molecule has 0 amide bonds. The zero-order chi connectivity index (χ0) is 7.78. The van der Waals surface area contributed by atoms with Crippen LogP contribution in [0.4, 0.5) is 0 Å². The number of carbonyl (C=O) groups excluding carboxylic acids is 1. The van der Waals surface area contributed by atoms with Crippen LogP contribution in [-0.4, -0.2) is 18.6 Å². The topological polar surface area (TPSA) is 53.9 Å². The lowest BCUT2D eigenvalue weighted by Crippen LogP contribution is -2.69. The second-order valence-electron chi connectivity index (χ2n) is 2.69. The number of methoxy groups -OCH3 is 1. The summed E-state index contributed by atoms with van der Waals surface area (Å²) in [6.45, 7) is 3.59. The molecule has 56 valence electrons. The number of carbonyl (C=O) groups is 1. The van der Waals surface area contributed by atoms with Crippen molar-refractivity contribution < 1.29 is 15.3 Å². The van der Waals surface area contributed by atoms with Gasteiger partial charge in [-0.1, -0.05) is 6.08 Å². The van der Waals surface area contributed by atoms with Crippen molar-refractivity contribution in [2.24, 2.45) is 5.92 Å². The van der Waals surface area contributed by atoms with Gasteiger partial charge in [0.25, 0.3) is 0 Å². The van der Waals surface area contributed by atoms with E-state index in [9.17, 15) is 4.79 Å². The molecule has 3 N–H and O–H groups in total. The van der Waals surface area contributed by atoms with Gasteiger partial charge in [0.15, 0.2) is 5.54 Å². The summed E-state index contributed by atoms with van der Waals surface area (Å²) in [7, 11) is 1.38. The average Bonchev–Trinajstić information content (AvgIpc) is 2.61. The van der Waals surface area contributed by atoms with E-state index in [2.05, 4.69) is 17.0 Å². The third kappa shape index (κ3) is 0.827. The summed E-state index contributed by atoms with van der Waals surface area (Å²) in [5.41, 5.74) is 3.26. The van der Waals surface area contributed by atoms with Gasteiger partial charge in [-0.25, -0.2) is 4.79 Å². The predicted octanol–water partition coefficient (Wildman–Crippen LogP) is -0.654. The fourth-order valence-corrected chi connectivity index (χ4v) is 1.08. The average molecular weight is 142 g/mol. The molecule has 0 aromatic heterocycles. The largest absolute Gasteiger partial charge is 0.464 e. The van der Waals surface area contributed by atoms with Gasteiger partial charge in [0.2, 0.25) is 0 Å². The highest BCUT2D eigenvalue weighted by Gasteiger charge is 2.61. The molecule has 1 fully saturated rings. The van der Waals surface area contributed by atoms with Gasteiger partial charge in [-0.2, -0.15) is 0 Å². The molecule has 3 heteroatoms. The molecule has 2 atom stereocenters. The van der Waals surface area contributed by atoms with Crippen LogP contribution in [0.25, 0.3) is 0 Å². The summed E-state index contributed by atoms with van der Waals surface area (Å²) < 4.78 is 4.56. The van der Waals surface area contributed by atoms with Gasteiger partial charge >= 0.3 is 5.97 Å². The molecule has 1 saturated carbocycles. The maximum atomic E-state index is 10.9. The number of ether oxygens (including phenoxy) is 1. The molecule has 1 aliphatic carbocycles. The predicted molar refractivity (Wildman–Crippen MR) is 35.9 cm³/mol. The SMILES string of the molecule is C=CC1C[C@]1([NH3+])C(=O)OC. The van der Waals surface area contributed by atoms with Crippen molar-refractivity contribution in [1.82, 2.24) is 0 Å². The first-order valence-corrected chi connectivity index (χ1v) is 3.21. The van der Waals surface area contributed by atoms with E-state index in [0.717, 1.165) is 6.42 Å². The van der Waals surface area contributed by atoms with Crippen molar-refractivity contribution in [3.05, 3.63) is 12.7 Å². The van der Waals surface area contributed by atoms with Crippen LogP contribution in [0, 0.1) is 5.92 Å². The van der Waals surface area contributed by atoms with E-state index in [1.165, 1.54) is 7.11 Å². The summed E-state index contributed by atoms with van der Waals surface area (Å²) in [4.78, 5) is 10.9. The maximum Gasteiger partial charge on any atom is 0.368 e. The highest BCUT2D eigenvalue weighted by molar-refractivity contribution is 5.83. The number of hydrogen-bond acceptors (Lipinski definition) is 2. The molecule has 0 heterocycles. The van der Waals surface area contributed by atoms with E-state index in [-0.39, 0.29) is 11.9 Å². The van der Waals surface area contributed by atoms with Gasteiger partial charge in [0.1, 0.15) is 0 Å². The highest BCUT2D eigenvalue weighted by Crippen LogP contribution is 2.40. The number of esters is 1. The lowest BCUT2D eigenvalue weighted by atomic mass is 10.2. The quantitative estimate of drug-likeness (QED) is 0.411. The van der Waals surface area contributed by atoms with Gasteiger partial charge in [0, 0.05) is 12.3 Å². The Morgan fingerprint density at radius 3 is 2.90 bits per heavy atom. The van der Waals surface area contributed by atoms with Crippen molar-refractivity contribution in [1.29, 1.82) is 0 Å². The first-order valence-electron chi connectivity index (χ1n) is 3.21. The Hall–Kier alpha value is -0.830. The van der Waals surface area contributed by atoms with Crippen LogP contribution in [0.15, 0.2) is 12.7 Å². The fraction of sp³-hybridized carbons (Fsp3) is 0.571. The molecule has 3 nitrogen and oxygen atoms in total. The Kier molecular flexibility index (Phi) is 1.52. The normalized spacial score (nSPS) is 36.8. The highest BCUT2D eigenvalue weighted by atomic mass is 16.5. The van der Waals surface area contributed by atoms with Crippen LogP contribution in [0.1, 0.15) is 6.42 Å². The summed E-state index contributed by atoms with van der Waals surface area (Å²) in [5, 5.41) is 0. The number of hydrogen-bond donors (Lipinski definition) is 1. The summed E-state index contributed by atoms with van der Waals surface area (Å²) in [6, 6.07) is 0. The first-order chi connectivity index (χ1) is 4.65. The zero-order valence-corrected chi connectivity index (χ0v) is 6.09. The van der Waals surface area contributed by atoms with E-state index < -0.39 is 5.54 Å². The van der Waals surface area contributed by atoms with E-state index in [4.69, 9.17) is 0 Å². The minimum absolute atomic E-state index is 0.222. The summed E-state index contributed by atoms with van der Waals surface area (Å²) in [5.74, 6) is -0.00245. The molecule has 10 heavy (non-hydrogen) atoms. The molecule has 0 aromatic carbocycles. The van der Waals surface area contributed by atoms with Gasteiger partial charge in [0.05, 0.1) is 7.11 Å². The standard InChI is InChI=1S/C7H11NO2/c1-3-5-4-7(5,8)6(9)10-2/h3,5H,1,4,8H2,2H3/p+1/t5?,7-/m1/s1. The second kappa shape index (κ2) is 2.09. The maximum absolute atomic E-state index is 10.9. The number of quaternary nitrogens is 1. The van der Waals surface area contributed by atoms with Crippen LogP contribution in [0.3, 0.4) is 0 Å². The molecule has 0 bridgehead atoms. The molecular weight excluding hydrogens is 130 g/mol. The molecule has 1 rings (SSSR count). The third-order valence-corrected chi connectivity index (χ3v) is 2.01. The molecule has 0 saturated heterocycles. The lowest BCUT2D eigenvalue weighted by molar-refractivity contribution is -0.428. The minimum atomic E-state index is -0.503. The van der Waals surface area contributed by atoms with Crippen LogP contribution in [0.2, 0.25) is 0 Å². The Morgan fingerprint density at radius 2 is 2.60 bits per heavy atom. The van der Waals surface area contributed by atoms with Crippen molar-refractivity contribution in [3.63, 3.8) is 0 Å². The zero-order valence-electron chi connectivity index (χ0n) is 6.09. The molecule has 0 spiro atoms. The molecule has 1 aliphatic rings. The Labute approximate surface area is 59.8 Å². The second-order valence-corrected chi connectivity index (χ2v) is 2.69. The van der Waals surface area contributed by atoms with Crippen molar-refractivity contribution in [3.8, 4) is 0 Å². The molecule has 0 aromatic rings. The van der Waals surface area contributed by atoms with Crippen LogP contribution < -0.4 is 5.73 Å². The Balaban J connectivity index is 2.58. The van der Waals surface area contributed by atoms with Crippen molar-refractivity contribution >= 4 is 5.97 Å². The molecule has 1 unspecified atom stereocenters. The van der Waals surface area contributed by atoms with Crippen molar-refractivity contribution in [2.45, 2.75) is 12.0 Å². The molecular formula is C7H12NO2+. The monoisotopic (exact) mass is 142 g/mol. The first kappa shape index (κ1) is 7.28. The third-order valence-electron chi connectivity index (χ3n) is 2.01. The van der Waals surface area contributed by atoms with E-state index >= 15 is 0 Å². The van der Waals surface area contributed by atoms with Crippen molar-refractivity contribution in [2.75, 3.05) is 7.11 Å². The Morgan fingerprint density at radius 1 is 2.00 bits per heavy atom. The van der Waals surface area contributed by atoms with E-state index in [1.54, 1.807) is 6.08 Å². The van der Waals surface area contributed by atoms with Gasteiger partial charge in [-0.15, -0.1) is 6.58 Å². The smallest absolute Gasteiger partial charge is 0.368 e. The summed E-state index contributed by atoms with van der Waals surface area (Å²) in [6.07, 6.45) is 2.53. The summed E-state index contributed by atoms with van der Waals surface area (Å²) >= 11 is 0. The lowest BCUT2D eigenvalue weighted by Gasteiger charge is -2.01. The fourth-order valence-electron chi connectivity index (χ4n) is 1.08. The van der Waals surface area contributed by atoms with Gasteiger partial charge in [-0.3, -0.25) is 0 Å². The number of rotatable bonds is 2. The van der Waals surface area contributed by atoms with Gasteiger partial charge in [-0.05, 0) is 0 Å².